The Balaban J connectivity index is 1.64. The Labute approximate surface area is 164 Å². The van der Waals surface area contributed by atoms with E-state index in [0.29, 0.717) is 31.0 Å². The van der Waals surface area contributed by atoms with E-state index in [1.54, 1.807) is 7.11 Å². The zero-order valence-corrected chi connectivity index (χ0v) is 16.3. The maximum Gasteiger partial charge on any atom is 0.204 e. The number of amidine groups is 1. The monoisotopic (exact) mass is 377 g/mol. The summed E-state index contributed by atoms with van der Waals surface area (Å²) in [6.45, 7) is 6.18. The summed E-state index contributed by atoms with van der Waals surface area (Å²) in [5.74, 6) is 1.53. The van der Waals surface area contributed by atoms with Crippen molar-refractivity contribution < 1.29 is 14.3 Å². The SMILES string of the molecule is CO[C@@]12CCN(c3ccc4c(c3)NCCO4)C1=Nc1cc(C)c(C)cc1C2=O. The molecule has 0 unspecified atom stereocenters. The third-order valence-electron chi connectivity index (χ3n) is 6.05. The average Bonchev–Trinajstić information content (AvgIpc) is 3.09. The van der Waals surface area contributed by atoms with Gasteiger partial charge in [0.05, 0.1) is 11.4 Å². The molecule has 0 bridgehead atoms. The van der Waals surface area contributed by atoms with Crippen molar-refractivity contribution in [1.29, 1.82) is 0 Å². The van der Waals surface area contributed by atoms with Crippen molar-refractivity contribution in [3.8, 4) is 5.75 Å². The number of nitrogens with one attached hydrogen (secondary N) is 1. The van der Waals surface area contributed by atoms with Crippen LogP contribution in [0.5, 0.6) is 5.75 Å². The molecule has 6 heteroatoms. The summed E-state index contributed by atoms with van der Waals surface area (Å²) < 4.78 is 11.5. The summed E-state index contributed by atoms with van der Waals surface area (Å²) in [7, 11) is 1.60. The van der Waals surface area contributed by atoms with E-state index in [9.17, 15) is 4.79 Å². The number of carbonyl (C=O) groups is 1. The number of anilines is 2. The molecule has 1 saturated heterocycles. The number of hydrogen-bond acceptors (Lipinski definition) is 6. The third kappa shape index (κ3) is 2.31. The van der Waals surface area contributed by atoms with Crippen molar-refractivity contribution in [3.63, 3.8) is 0 Å². The van der Waals surface area contributed by atoms with E-state index in [0.717, 1.165) is 40.5 Å². The minimum atomic E-state index is -1.02. The molecule has 2 aromatic carbocycles. The highest BCUT2D eigenvalue weighted by Crippen LogP contribution is 2.43. The number of benzene rings is 2. The Hall–Kier alpha value is -2.86. The molecule has 1 N–H and O–H groups in total. The molecule has 3 heterocycles. The maximum absolute atomic E-state index is 13.5. The lowest BCUT2D eigenvalue weighted by Crippen LogP contribution is -2.50. The summed E-state index contributed by atoms with van der Waals surface area (Å²) in [4.78, 5) is 20.5. The third-order valence-corrected chi connectivity index (χ3v) is 6.05. The summed E-state index contributed by atoms with van der Waals surface area (Å²) in [5, 5.41) is 3.37. The van der Waals surface area contributed by atoms with Gasteiger partial charge >= 0.3 is 0 Å². The van der Waals surface area contributed by atoms with Gasteiger partial charge in [-0.3, -0.25) is 4.79 Å². The number of carbonyl (C=O) groups excluding carboxylic acids is 1. The van der Waals surface area contributed by atoms with Crippen LogP contribution in [0.3, 0.4) is 0 Å². The molecule has 6 nitrogen and oxygen atoms in total. The number of rotatable bonds is 2. The van der Waals surface area contributed by atoms with Gasteiger partial charge in [-0.15, -0.1) is 0 Å². The topological polar surface area (TPSA) is 63.2 Å². The van der Waals surface area contributed by atoms with E-state index >= 15 is 0 Å². The molecule has 28 heavy (non-hydrogen) atoms. The average molecular weight is 377 g/mol. The van der Waals surface area contributed by atoms with Crippen molar-refractivity contribution >= 4 is 28.7 Å². The van der Waals surface area contributed by atoms with Gasteiger partial charge < -0.3 is 19.7 Å². The Bertz CT molecular complexity index is 1030. The van der Waals surface area contributed by atoms with Crippen LogP contribution >= 0.6 is 0 Å². The highest BCUT2D eigenvalue weighted by molar-refractivity contribution is 6.28. The first-order valence-electron chi connectivity index (χ1n) is 9.62. The minimum absolute atomic E-state index is 0.0000170. The molecule has 0 aliphatic carbocycles. The first-order valence-corrected chi connectivity index (χ1v) is 9.62. The van der Waals surface area contributed by atoms with Gasteiger partial charge in [0.1, 0.15) is 18.2 Å². The van der Waals surface area contributed by atoms with Gasteiger partial charge in [-0.1, -0.05) is 0 Å². The number of nitrogens with zero attached hydrogens (tertiary/aromatic N) is 2. The highest BCUT2D eigenvalue weighted by Gasteiger charge is 2.54. The Morgan fingerprint density at radius 1 is 1.21 bits per heavy atom. The minimum Gasteiger partial charge on any atom is -0.490 e. The van der Waals surface area contributed by atoms with Gasteiger partial charge in [0.15, 0.2) is 5.60 Å². The van der Waals surface area contributed by atoms with Crippen LogP contribution in [-0.2, 0) is 4.74 Å². The lowest BCUT2D eigenvalue weighted by molar-refractivity contribution is 0.0388. The van der Waals surface area contributed by atoms with Crippen molar-refractivity contribution in [2.75, 3.05) is 37.0 Å². The fourth-order valence-corrected chi connectivity index (χ4v) is 4.31. The Morgan fingerprint density at radius 3 is 2.86 bits per heavy atom. The van der Waals surface area contributed by atoms with E-state index in [1.807, 2.05) is 38.1 Å². The van der Waals surface area contributed by atoms with Gasteiger partial charge in [0, 0.05) is 37.9 Å². The Morgan fingerprint density at radius 2 is 2.04 bits per heavy atom. The van der Waals surface area contributed by atoms with Crippen molar-refractivity contribution in [2.45, 2.75) is 25.9 Å². The number of hydrogen-bond donors (Lipinski definition) is 1. The van der Waals surface area contributed by atoms with Gasteiger partial charge in [0.2, 0.25) is 5.78 Å². The van der Waals surface area contributed by atoms with Gasteiger partial charge in [-0.25, -0.2) is 4.99 Å². The van der Waals surface area contributed by atoms with Crippen molar-refractivity contribution in [2.24, 2.45) is 4.99 Å². The van der Waals surface area contributed by atoms with E-state index in [4.69, 9.17) is 14.5 Å². The van der Waals surface area contributed by atoms with Gasteiger partial charge in [-0.05, 0) is 55.3 Å². The highest BCUT2D eigenvalue weighted by atomic mass is 16.5. The first-order chi connectivity index (χ1) is 13.5. The fourth-order valence-electron chi connectivity index (χ4n) is 4.31. The second kappa shape index (κ2) is 6.07. The Kier molecular flexibility index (Phi) is 3.74. The van der Waals surface area contributed by atoms with E-state index < -0.39 is 5.60 Å². The van der Waals surface area contributed by atoms with Crippen LogP contribution in [0.1, 0.15) is 27.9 Å². The molecular formula is C22H23N3O3. The van der Waals surface area contributed by atoms with Crippen LogP contribution in [-0.4, -0.2) is 44.0 Å². The molecule has 2 aromatic rings. The van der Waals surface area contributed by atoms with Crippen molar-refractivity contribution in [3.05, 3.63) is 47.0 Å². The van der Waals surface area contributed by atoms with E-state index in [1.165, 1.54) is 0 Å². The summed E-state index contributed by atoms with van der Waals surface area (Å²) in [6.07, 6.45) is 0.578. The lowest BCUT2D eigenvalue weighted by atomic mass is 9.86. The van der Waals surface area contributed by atoms with Crippen LogP contribution in [0, 0.1) is 13.8 Å². The predicted octanol–water partition coefficient (Wildman–Crippen LogP) is 3.63. The van der Waals surface area contributed by atoms with Gasteiger partial charge in [0.25, 0.3) is 0 Å². The molecule has 0 saturated carbocycles. The standard InChI is InChI=1S/C22H23N3O3/c1-13-10-16-17(11-14(13)2)24-21-22(27-3,20(16)26)6-8-25(21)15-4-5-19-18(12-15)23-7-9-28-19/h4-5,10-12,23H,6-9H2,1-3H3/t22-/m1/s1. The normalized spacial score (nSPS) is 22.6. The largest absolute Gasteiger partial charge is 0.490 e. The van der Waals surface area contributed by atoms with Crippen LogP contribution in [0.15, 0.2) is 35.3 Å². The molecule has 0 spiro atoms. The number of ether oxygens (including phenoxy) is 2. The summed E-state index contributed by atoms with van der Waals surface area (Å²) >= 11 is 0. The first kappa shape index (κ1) is 17.3. The zero-order chi connectivity index (χ0) is 19.5. The molecule has 1 fully saturated rings. The zero-order valence-electron chi connectivity index (χ0n) is 16.3. The van der Waals surface area contributed by atoms with Crippen LogP contribution < -0.4 is 15.0 Å². The number of aliphatic imine (C=N–C) groups is 1. The summed E-state index contributed by atoms with van der Waals surface area (Å²) in [6, 6.07) is 9.98. The second-order valence-corrected chi connectivity index (χ2v) is 7.61. The molecule has 144 valence electrons. The molecule has 0 amide bonds. The number of Topliss-reactive ketones (excluding diaryl/α,β-unsaturated/α-hetero) is 1. The molecule has 3 aliphatic rings. The van der Waals surface area contributed by atoms with Crippen LogP contribution in [0.25, 0.3) is 0 Å². The van der Waals surface area contributed by atoms with Gasteiger partial charge in [-0.2, -0.15) is 0 Å². The second-order valence-electron chi connectivity index (χ2n) is 7.61. The molecule has 1 atom stereocenters. The maximum atomic E-state index is 13.5. The van der Waals surface area contributed by atoms with E-state index in [-0.39, 0.29) is 5.78 Å². The molecule has 3 aliphatic heterocycles. The quantitative estimate of drug-likeness (QED) is 0.866. The van der Waals surface area contributed by atoms with Crippen LogP contribution in [0.2, 0.25) is 0 Å². The molecule has 5 rings (SSSR count). The summed E-state index contributed by atoms with van der Waals surface area (Å²) in [5.41, 5.74) is 4.52. The molecular weight excluding hydrogens is 354 g/mol. The van der Waals surface area contributed by atoms with Crippen molar-refractivity contribution in [1.82, 2.24) is 0 Å². The smallest absolute Gasteiger partial charge is 0.204 e. The number of methoxy groups -OCH3 is 1. The predicted molar refractivity (Wildman–Crippen MR) is 109 cm³/mol. The lowest BCUT2D eigenvalue weighted by Gasteiger charge is -2.33. The number of fused-ring (bicyclic) bond motifs is 3. The molecule has 0 radical (unpaired) electrons. The number of ketones is 1. The number of aryl methyl sites for hydroxylation is 2. The fraction of sp³-hybridized carbons (Fsp3) is 0.364. The van der Waals surface area contributed by atoms with E-state index in [2.05, 4.69) is 16.3 Å². The molecule has 0 aromatic heterocycles. The van der Waals surface area contributed by atoms with Crippen LogP contribution in [0.4, 0.5) is 17.1 Å².